The van der Waals surface area contributed by atoms with E-state index in [0.717, 1.165) is 6.42 Å². The number of halogens is 3. The first-order valence-corrected chi connectivity index (χ1v) is 6.43. The molecule has 108 valence electrons. The van der Waals surface area contributed by atoms with Gasteiger partial charge in [-0.05, 0) is 25.2 Å². The quantitative estimate of drug-likeness (QED) is 0.658. The standard InChI is InChI=1S/C12H19F3N4/c1-19-6-5-17-11(19)10(18-16)8-3-2-4-9(7-8)12(13,14)15/h5-6,8-10,18H,2-4,7,16H2,1H3. The molecule has 0 radical (unpaired) electrons. The molecule has 0 bridgehead atoms. The fourth-order valence-electron chi connectivity index (χ4n) is 2.93. The average molecular weight is 276 g/mol. The van der Waals surface area contributed by atoms with Crippen molar-refractivity contribution in [3.63, 3.8) is 0 Å². The van der Waals surface area contributed by atoms with Gasteiger partial charge in [-0.2, -0.15) is 13.2 Å². The van der Waals surface area contributed by atoms with Crippen LogP contribution in [0.5, 0.6) is 0 Å². The SMILES string of the molecule is Cn1ccnc1C(NN)C1CCCC(C(F)(F)F)C1. The van der Waals surface area contributed by atoms with Crippen LogP contribution in [0, 0.1) is 11.8 Å². The van der Waals surface area contributed by atoms with E-state index in [1.54, 1.807) is 17.0 Å². The number of nitrogens with two attached hydrogens (primary N) is 1. The van der Waals surface area contributed by atoms with Crippen LogP contribution < -0.4 is 11.3 Å². The lowest BCUT2D eigenvalue weighted by Gasteiger charge is -2.34. The van der Waals surface area contributed by atoms with Crippen molar-refractivity contribution >= 4 is 0 Å². The first kappa shape index (κ1) is 14.3. The van der Waals surface area contributed by atoms with E-state index < -0.39 is 12.1 Å². The molecule has 1 aromatic rings. The number of hydrogen-bond acceptors (Lipinski definition) is 3. The molecule has 1 aliphatic rings. The van der Waals surface area contributed by atoms with Crippen molar-refractivity contribution in [1.29, 1.82) is 0 Å². The Hall–Kier alpha value is -1.08. The molecule has 0 amide bonds. The predicted octanol–water partition coefficient (Wildman–Crippen LogP) is 2.29. The molecule has 3 atom stereocenters. The van der Waals surface area contributed by atoms with Crippen molar-refractivity contribution in [3.8, 4) is 0 Å². The highest BCUT2D eigenvalue weighted by Crippen LogP contribution is 2.43. The minimum absolute atomic E-state index is 0.116. The highest BCUT2D eigenvalue weighted by Gasteiger charge is 2.44. The second-order valence-corrected chi connectivity index (χ2v) is 5.21. The van der Waals surface area contributed by atoms with E-state index in [2.05, 4.69) is 10.4 Å². The van der Waals surface area contributed by atoms with Crippen LogP contribution in [0.15, 0.2) is 12.4 Å². The molecule has 1 aliphatic carbocycles. The number of aromatic nitrogens is 2. The number of rotatable bonds is 3. The molecular formula is C12H19F3N4. The zero-order valence-corrected chi connectivity index (χ0v) is 10.8. The molecule has 4 nitrogen and oxygen atoms in total. The molecule has 1 aromatic heterocycles. The van der Waals surface area contributed by atoms with Crippen LogP contribution in [-0.4, -0.2) is 15.7 Å². The van der Waals surface area contributed by atoms with Gasteiger partial charge < -0.3 is 4.57 Å². The van der Waals surface area contributed by atoms with Crippen molar-refractivity contribution in [2.75, 3.05) is 0 Å². The minimum atomic E-state index is -4.11. The molecule has 3 unspecified atom stereocenters. The van der Waals surface area contributed by atoms with E-state index in [1.807, 2.05) is 7.05 Å². The van der Waals surface area contributed by atoms with Gasteiger partial charge in [0.2, 0.25) is 0 Å². The van der Waals surface area contributed by atoms with Crippen LogP contribution in [0.3, 0.4) is 0 Å². The van der Waals surface area contributed by atoms with E-state index >= 15 is 0 Å². The van der Waals surface area contributed by atoms with Gasteiger partial charge in [0.25, 0.3) is 0 Å². The zero-order chi connectivity index (χ0) is 14.0. The molecule has 3 N–H and O–H groups in total. The van der Waals surface area contributed by atoms with Gasteiger partial charge in [0.05, 0.1) is 12.0 Å². The third-order valence-electron chi connectivity index (χ3n) is 3.97. The number of imidazole rings is 1. The van der Waals surface area contributed by atoms with Gasteiger partial charge in [-0.25, -0.2) is 10.4 Å². The predicted molar refractivity (Wildman–Crippen MR) is 64.8 cm³/mol. The number of nitrogens with zero attached hydrogens (tertiary/aromatic N) is 2. The third-order valence-corrected chi connectivity index (χ3v) is 3.97. The van der Waals surface area contributed by atoms with Crippen molar-refractivity contribution in [2.24, 2.45) is 24.7 Å². The average Bonchev–Trinajstić information content (AvgIpc) is 2.76. The maximum Gasteiger partial charge on any atom is 0.391 e. The summed E-state index contributed by atoms with van der Waals surface area (Å²) >= 11 is 0. The summed E-state index contributed by atoms with van der Waals surface area (Å²) in [7, 11) is 1.82. The number of hydrogen-bond donors (Lipinski definition) is 2. The number of nitrogens with one attached hydrogen (secondary N) is 1. The van der Waals surface area contributed by atoms with Crippen molar-refractivity contribution < 1.29 is 13.2 Å². The lowest BCUT2D eigenvalue weighted by atomic mass is 9.77. The molecule has 2 rings (SSSR count). The molecule has 0 saturated heterocycles. The summed E-state index contributed by atoms with van der Waals surface area (Å²) in [5.74, 6) is 4.87. The van der Waals surface area contributed by atoms with Gasteiger partial charge in [0.15, 0.2) is 0 Å². The van der Waals surface area contributed by atoms with Crippen LogP contribution in [0.1, 0.15) is 37.5 Å². The normalized spacial score (nSPS) is 26.4. The Kier molecular flexibility index (Phi) is 4.15. The lowest BCUT2D eigenvalue weighted by Crippen LogP contribution is -2.39. The number of aryl methyl sites for hydroxylation is 1. The monoisotopic (exact) mass is 276 g/mol. The molecular weight excluding hydrogens is 257 g/mol. The van der Waals surface area contributed by atoms with Crippen LogP contribution >= 0.6 is 0 Å². The van der Waals surface area contributed by atoms with Gasteiger partial charge in [0, 0.05) is 19.4 Å². The Balaban J connectivity index is 2.13. The van der Waals surface area contributed by atoms with Gasteiger partial charge in [-0.3, -0.25) is 5.84 Å². The van der Waals surface area contributed by atoms with Crippen molar-refractivity contribution in [1.82, 2.24) is 15.0 Å². The minimum Gasteiger partial charge on any atom is -0.337 e. The van der Waals surface area contributed by atoms with Crippen LogP contribution in [0.25, 0.3) is 0 Å². The van der Waals surface area contributed by atoms with Crippen LogP contribution in [0.2, 0.25) is 0 Å². The summed E-state index contributed by atoms with van der Waals surface area (Å²) < 4.78 is 40.3. The Morgan fingerprint density at radius 3 is 2.74 bits per heavy atom. The van der Waals surface area contributed by atoms with E-state index in [1.165, 1.54) is 0 Å². The van der Waals surface area contributed by atoms with Gasteiger partial charge in [-0.1, -0.05) is 6.42 Å². The Morgan fingerprint density at radius 1 is 1.47 bits per heavy atom. The highest BCUT2D eigenvalue weighted by molar-refractivity contribution is 5.01. The lowest BCUT2D eigenvalue weighted by molar-refractivity contribution is -0.186. The number of alkyl halides is 3. The molecule has 0 spiro atoms. The molecule has 19 heavy (non-hydrogen) atoms. The fourth-order valence-corrected chi connectivity index (χ4v) is 2.93. The molecule has 1 heterocycles. The second kappa shape index (κ2) is 5.50. The summed E-state index contributed by atoms with van der Waals surface area (Å²) in [5, 5.41) is 0. The molecule has 0 aliphatic heterocycles. The number of hydrazine groups is 1. The topological polar surface area (TPSA) is 55.9 Å². The van der Waals surface area contributed by atoms with Gasteiger partial charge in [0.1, 0.15) is 5.82 Å². The van der Waals surface area contributed by atoms with E-state index in [4.69, 9.17) is 5.84 Å². The van der Waals surface area contributed by atoms with E-state index in [-0.39, 0.29) is 24.8 Å². The second-order valence-electron chi connectivity index (χ2n) is 5.21. The largest absolute Gasteiger partial charge is 0.391 e. The van der Waals surface area contributed by atoms with Crippen molar-refractivity contribution in [2.45, 2.75) is 37.9 Å². The van der Waals surface area contributed by atoms with Gasteiger partial charge >= 0.3 is 6.18 Å². The van der Waals surface area contributed by atoms with Crippen LogP contribution in [-0.2, 0) is 7.05 Å². The first-order chi connectivity index (χ1) is 8.93. The molecule has 1 fully saturated rings. The molecule has 0 aromatic carbocycles. The Bertz CT molecular complexity index is 415. The van der Waals surface area contributed by atoms with E-state index in [9.17, 15) is 13.2 Å². The zero-order valence-electron chi connectivity index (χ0n) is 10.8. The maximum atomic E-state index is 12.8. The van der Waals surface area contributed by atoms with Crippen LogP contribution in [0.4, 0.5) is 13.2 Å². The first-order valence-electron chi connectivity index (χ1n) is 6.43. The van der Waals surface area contributed by atoms with Crippen molar-refractivity contribution in [3.05, 3.63) is 18.2 Å². The smallest absolute Gasteiger partial charge is 0.337 e. The Morgan fingerprint density at radius 2 is 2.21 bits per heavy atom. The summed E-state index contributed by atoms with van der Waals surface area (Å²) in [5.41, 5.74) is 2.64. The maximum absolute atomic E-state index is 12.8. The summed E-state index contributed by atoms with van der Waals surface area (Å²) in [6.45, 7) is 0. The van der Waals surface area contributed by atoms with Gasteiger partial charge in [-0.15, -0.1) is 0 Å². The highest BCUT2D eigenvalue weighted by atomic mass is 19.4. The summed E-state index contributed by atoms with van der Waals surface area (Å²) in [4.78, 5) is 4.19. The Labute approximate surface area is 110 Å². The molecule has 1 saturated carbocycles. The molecule has 7 heteroatoms. The van der Waals surface area contributed by atoms with E-state index in [0.29, 0.717) is 12.2 Å². The fraction of sp³-hybridized carbons (Fsp3) is 0.750. The summed E-state index contributed by atoms with van der Waals surface area (Å²) in [6, 6.07) is -0.329. The summed E-state index contributed by atoms with van der Waals surface area (Å²) in [6.07, 6.45) is 0.946. The third kappa shape index (κ3) is 3.09.